The topological polar surface area (TPSA) is 49.3 Å². The molecule has 0 aromatic carbocycles. The maximum absolute atomic E-state index is 12.4. The molecule has 0 spiro atoms. The van der Waals surface area contributed by atoms with Crippen molar-refractivity contribution in [3.8, 4) is 0 Å². The lowest BCUT2D eigenvalue weighted by Crippen LogP contribution is -2.54. The van der Waals surface area contributed by atoms with Crippen LogP contribution < -0.4 is 5.32 Å². The average Bonchev–Trinajstić information content (AvgIpc) is 2.68. The highest BCUT2D eigenvalue weighted by Gasteiger charge is 2.34. The van der Waals surface area contributed by atoms with Gasteiger partial charge in [0.2, 0.25) is 5.91 Å². The Balaban J connectivity index is 1.91. The van der Waals surface area contributed by atoms with E-state index in [0.29, 0.717) is 0 Å². The van der Waals surface area contributed by atoms with Crippen molar-refractivity contribution in [2.45, 2.75) is 76.2 Å². The van der Waals surface area contributed by atoms with E-state index in [1.54, 1.807) is 0 Å². The Morgan fingerprint density at radius 1 is 1.00 bits per heavy atom. The number of nitrogens with one attached hydrogen (secondary N) is 1. The molecular weight excluding hydrogens is 226 g/mol. The second-order valence-electron chi connectivity index (χ2n) is 6.18. The van der Waals surface area contributed by atoms with Crippen molar-refractivity contribution in [3.63, 3.8) is 0 Å². The Labute approximate surface area is 110 Å². The minimum atomic E-state index is -0.304. The lowest BCUT2D eigenvalue weighted by Gasteiger charge is -2.37. The van der Waals surface area contributed by atoms with Gasteiger partial charge in [-0.05, 0) is 25.7 Å². The number of rotatable bonds is 3. The number of carbonyl (C=O) groups is 1. The zero-order valence-electron chi connectivity index (χ0n) is 11.4. The quantitative estimate of drug-likeness (QED) is 0.760. The Bertz CT molecular complexity index is 264. The van der Waals surface area contributed by atoms with Gasteiger partial charge in [-0.1, -0.05) is 44.9 Å². The molecule has 2 aliphatic rings. The first-order valence-electron chi connectivity index (χ1n) is 7.69. The van der Waals surface area contributed by atoms with Gasteiger partial charge in [-0.15, -0.1) is 0 Å². The van der Waals surface area contributed by atoms with Crippen LogP contribution in [0.5, 0.6) is 0 Å². The molecular formula is C15H27NO2. The van der Waals surface area contributed by atoms with E-state index in [-0.39, 0.29) is 24.0 Å². The second-order valence-corrected chi connectivity index (χ2v) is 6.18. The van der Waals surface area contributed by atoms with Crippen molar-refractivity contribution in [2.75, 3.05) is 6.61 Å². The van der Waals surface area contributed by atoms with Crippen LogP contribution in [0.15, 0.2) is 0 Å². The fourth-order valence-electron chi connectivity index (χ4n) is 3.46. The zero-order valence-corrected chi connectivity index (χ0v) is 11.4. The molecule has 0 aliphatic heterocycles. The second kappa shape index (κ2) is 6.55. The first kappa shape index (κ1) is 13.9. The predicted octanol–water partition coefficient (Wildman–Crippen LogP) is 2.77. The van der Waals surface area contributed by atoms with Crippen molar-refractivity contribution >= 4 is 5.91 Å². The lowest BCUT2D eigenvalue weighted by atomic mass is 9.81. The summed E-state index contributed by atoms with van der Waals surface area (Å²) >= 11 is 0. The summed E-state index contributed by atoms with van der Waals surface area (Å²) in [6.45, 7) is 0.103. The molecule has 0 atom stereocenters. The Hall–Kier alpha value is -0.570. The van der Waals surface area contributed by atoms with Crippen LogP contribution in [0.2, 0.25) is 0 Å². The van der Waals surface area contributed by atoms with Crippen LogP contribution in [-0.4, -0.2) is 23.2 Å². The van der Waals surface area contributed by atoms with Crippen molar-refractivity contribution in [2.24, 2.45) is 5.92 Å². The molecule has 18 heavy (non-hydrogen) atoms. The smallest absolute Gasteiger partial charge is 0.223 e. The highest BCUT2D eigenvalue weighted by atomic mass is 16.3. The summed E-state index contributed by atoms with van der Waals surface area (Å²) < 4.78 is 0. The Kier molecular flexibility index (Phi) is 5.04. The molecule has 0 saturated heterocycles. The first-order chi connectivity index (χ1) is 8.76. The minimum absolute atomic E-state index is 0.103. The Morgan fingerprint density at radius 3 is 2.11 bits per heavy atom. The number of hydrogen-bond acceptors (Lipinski definition) is 2. The van der Waals surface area contributed by atoms with Gasteiger partial charge in [0.05, 0.1) is 12.1 Å². The molecule has 2 fully saturated rings. The summed E-state index contributed by atoms with van der Waals surface area (Å²) in [5, 5.41) is 12.8. The summed E-state index contributed by atoms with van der Waals surface area (Å²) in [7, 11) is 0. The van der Waals surface area contributed by atoms with Gasteiger partial charge in [-0.25, -0.2) is 0 Å². The van der Waals surface area contributed by atoms with Gasteiger partial charge in [0.25, 0.3) is 0 Å². The number of carbonyl (C=O) groups excluding carboxylic acids is 1. The standard InChI is InChI=1S/C15H27NO2/c17-12-15(10-6-3-7-11-15)16-14(18)13-8-4-1-2-5-9-13/h13,17H,1-12H2,(H,16,18). The highest BCUT2D eigenvalue weighted by molar-refractivity contribution is 5.79. The molecule has 104 valence electrons. The molecule has 2 saturated carbocycles. The largest absolute Gasteiger partial charge is 0.394 e. The normalized spacial score (nSPS) is 25.4. The van der Waals surface area contributed by atoms with Crippen LogP contribution in [-0.2, 0) is 4.79 Å². The monoisotopic (exact) mass is 253 g/mol. The molecule has 0 heterocycles. The molecule has 0 bridgehead atoms. The van der Waals surface area contributed by atoms with Crippen molar-refractivity contribution in [1.29, 1.82) is 0 Å². The van der Waals surface area contributed by atoms with Crippen LogP contribution in [0, 0.1) is 5.92 Å². The van der Waals surface area contributed by atoms with Crippen LogP contribution in [0.25, 0.3) is 0 Å². The van der Waals surface area contributed by atoms with Crippen LogP contribution in [0.3, 0.4) is 0 Å². The summed E-state index contributed by atoms with van der Waals surface area (Å²) in [6.07, 6.45) is 12.4. The molecule has 2 rings (SSSR count). The van der Waals surface area contributed by atoms with E-state index in [1.165, 1.54) is 32.1 Å². The lowest BCUT2D eigenvalue weighted by molar-refractivity contribution is -0.128. The third kappa shape index (κ3) is 3.47. The SMILES string of the molecule is O=C(NC1(CO)CCCCC1)C1CCCCCC1. The third-order valence-corrected chi connectivity index (χ3v) is 4.73. The average molecular weight is 253 g/mol. The van der Waals surface area contributed by atoms with Gasteiger partial charge in [0, 0.05) is 5.92 Å². The molecule has 1 amide bonds. The summed E-state index contributed by atoms with van der Waals surface area (Å²) in [4.78, 5) is 12.4. The van der Waals surface area contributed by atoms with Gasteiger partial charge in [-0.2, -0.15) is 0 Å². The molecule has 0 unspecified atom stereocenters. The summed E-state index contributed by atoms with van der Waals surface area (Å²) in [6, 6.07) is 0. The maximum atomic E-state index is 12.4. The molecule has 3 heteroatoms. The molecule has 0 aromatic heterocycles. The van der Waals surface area contributed by atoms with Crippen LogP contribution >= 0.6 is 0 Å². The first-order valence-corrected chi connectivity index (χ1v) is 7.69. The van der Waals surface area contributed by atoms with Crippen LogP contribution in [0.4, 0.5) is 0 Å². The highest BCUT2D eigenvalue weighted by Crippen LogP contribution is 2.29. The fourth-order valence-corrected chi connectivity index (χ4v) is 3.46. The van der Waals surface area contributed by atoms with E-state index in [4.69, 9.17) is 0 Å². The van der Waals surface area contributed by atoms with E-state index in [0.717, 1.165) is 38.5 Å². The maximum Gasteiger partial charge on any atom is 0.223 e. The van der Waals surface area contributed by atoms with E-state index < -0.39 is 0 Å². The zero-order chi connectivity index (χ0) is 12.8. The van der Waals surface area contributed by atoms with Crippen molar-refractivity contribution in [3.05, 3.63) is 0 Å². The summed E-state index contributed by atoms with van der Waals surface area (Å²) in [5.41, 5.74) is -0.304. The summed E-state index contributed by atoms with van der Waals surface area (Å²) in [5.74, 6) is 0.394. The fraction of sp³-hybridized carbons (Fsp3) is 0.933. The van der Waals surface area contributed by atoms with Gasteiger partial charge in [-0.3, -0.25) is 4.79 Å². The van der Waals surface area contributed by atoms with E-state index in [1.807, 2.05) is 0 Å². The molecule has 2 N–H and O–H groups in total. The number of amides is 1. The minimum Gasteiger partial charge on any atom is -0.394 e. The van der Waals surface area contributed by atoms with Crippen LogP contribution in [0.1, 0.15) is 70.6 Å². The van der Waals surface area contributed by atoms with Crippen molar-refractivity contribution < 1.29 is 9.90 Å². The molecule has 3 nitrogen and oxygen atoms in total. The predicted molar refractivity (Wildman–Crippen MR) is 72.2 cm³/mol. The van der Waals surface area contributed by atoms with E-state index in [9.17, 15) is 9.90 Å². The molecule has 0 aromatic rings. The van der Waals surface area contributed by atoms with Gasteiger partial charge in [0.15, 0.2) is 0 Å². The molecule has 2 aliphatic carbocycles. The number of hydrogen-bond donors (Lipinski definition) is 2. The van der Waals surface area contributed by atoms with Crippen molar-refractivity contribution in [1.82, 2.24) is 5.32 Å². The Morgan fingerprint density at radius 2 is 1.56 bits per heavy atom. The van der Waals surface area contributed by atoms with Gasteiger partial charge >= 0.3 is 0 Å². The number of aliphatic hydroxyl groups is 1. The van der Waals surface area contributed by atoms with Gasteiger partial charge in [0.1, 0.15) is 0 Å². The van der Waals surface area contributed by atoms with E-state index >= 15 is 0 Å². The number of aliphatic hydroxyl groups excluding tert-OH is 1. The third-order valence-electron chi connectivity index (χ3n) is 4.73. The van der Waals surface area contributed by atoms with E-state index in [2.05, 4.69) is 5.32 Å². The molecule has 0 radical (unpaired) electrons. The van der Waals surface area contributed by atoms with Gasteiger partial charge < -0.3 is 10.4 Å².